The van der Waals surface area contributed by atoms with E-state index in [1.165, 1.54) is 14.2 Å². The number of aromatic amines is 2. The van der Waals surface area contributed by atoms with Crippen molar-refractivity contribution in [2.75, 3.05) is 40.5 Å². The highest BCUT2D eigenvalue weighted by molar-refractivity contribution is 7.53. The highest BCUT2D eigenvalue weighted by atomic mass is 31.2. The molecule has 4 atom stereocenters. The second-order valence-electron chi connectivity index (χ2n) is 21.7. The third kappa shape index (κ3) is 12.5. The first kappa shape index (κ1) is 57.2. The van der Waals surface area contributed by atoms with Gasteiger partial charge in [-0.2, -0.15) is 0 Å². The molecule has 78 heavy (non-hydrogen) atoms. The van der Waals surface area contributed by atoms with Crippen LogP contribution in [0.1, 0.15) is 123 Å². The zero-order valence-corrected chi connectivity index (χ0v) is 47.7. The molecule has 5 heterocycles. The van der Waals surface area contributed by atoms with E-state index in [1.54, 1.807) is 0 Å². The topological polar surface area (TPSA) is 215 Å². The lowest BCUT2D eigenvalue weighted by Crippen LogP contribution is -2.51. The van der Waals surface area contributed by atoms with Gasteiger partial charge in [-0.15, -0.1) is 0 Å². The summed E-state index contributed by atoms with van der Waals surface area (Å²) in [5.41, 5.74) is 9.76. The first-order chi connectivity index (χ1) is 37.3. The predicted molar refractivity (Wildman–Crippen MR) is 301 cm³/mol. The van der Waals surface area contributed by atoms with Crippen LogP contribution in [-0.2, 0) is 44.3 Å². The number of aromatic nitrogens is 5. The quantitative estimate of drug-likeness (QED) is 0.0560. The number of nitrogens with zero attached hydrogens (tertiary/aromatic N) is 5. The van der Waals surface area contributed by atoms with Gasteiger partial charge in [-0.1, -0.05) is 109 Å². The number of H-pyrrole nitrogens is 2. The number of imidazole rings is 2. The summed E-state index contributed by atoms with van der Waals surface area (Å²) in [6, 6.07) is 25.0. The Morgan fingerprint density at radius 3 is 1.51 bits per heavy atom. The Hall–Kier alpha value is -7.01. The number of carbonyl (C=O) groups excluding carboxylic acids is 4. The molecule has 3 aromatic heterocycles. The van der Waals surface area contributed by atoms with Crippen LogP contribution in [-0.4, -0.2) is 111 Å². The number of amides is 4. The van der Waals surface area contributed by atoms with Crippen molar-refractivity contribution < 1.29 is 42.3 Å². The van der Waals surface area contributed by atoms with Gasteiger partial charge in [0.15, 0.2) is 0 Å². The molecule has 0 spiro atoms. The van der Waals surface area contributed by atoms with Gasteiger partial charge in [0, 0.05) is 42.3 Å². The van der Waals surface area contributed by atoms with E-state index in [-0.39, 0.29) is 60.5 Å². The van der Waals surface area contributed by atoms with Crippen LogP contribution in [0.25, 0.3) is 50.7 Å². The van der Waals surface area contributed by atoms with E-state index in [1.807, 2.05) is 88.0 Å². The predicted octanol–water partition coefficient (Wildman–Crippen LogP) is 11.7. The molecule has 4 N–H and O–H groups in total. The second kappa shape index (κ2) is 24.3. The van der Waals surface area contributed by atoms with Crippen LogP contribution in [0.2, 0.25) is 0 Å². The van der Waals surface area contributed by atoms with Gasteiger partial charge < -0.3 is 53.5 Å². The molecule has 19 heteroatoms. The summed E-state index contributed by atoms with van der Waals surface area (Å²) in [6.07, 6.45) is 5.71. The van der Waals surface area contributed by atoms with E-state index in [0.717, 1.165) is 87.5 Å². The molecular formula is C59H76N9O9P. The molecule has 8 rings (SSSR count). The molecule has 4 amide bonds. The van der Waals surface area contributed by atoms with Gasteiger partial charge in [-0.25, -0.2) is 19.6 Å². The molecule has 0 saturated carbocycles. The number of alkyl carbamates (subject to hydrolysis) is 2. The van der Waals surface area contributed by atoms with E-state index >= 15 is 0 Å². The molecule has 0 radical (unpaired) electrons. The van der Waals surface area contributed by atoms with Crippen molar-refractivity contribution in [3.8, 4) is 50.7 Å². The molecule has 2 saturated heterocycles. The normalized spacial score (nSPS) is 16.7. The zero-order valence-electron chi connectivity index (χ0n) is 46.8. The van der Waals surface area contributed by atoms with Crippen LogP contribution in [0, 0.1) is 11.8 Å². The maximum Gasteiger partial charge on any atom is 0.407 e. The molecule has 2 aliphatic heterocycles. The number of benzene rings is 3. The highest BCUT2D eigenvalue weighted by Crippen LogP contribution is 2.51. The largest absolute Gasteiger partial charge is 0.453 e. The monoisotopic (exact) mass is 1090 g/mol. The highest BCUT2D eigenvalue weighted by Gasteiger charge is 2.39. The minimum atomic E-state index is -3.37. The Kier molecular flexibility index (Phi) is 17.8. The molecule has 18 nitrogen and oxygen atoms in total. The first-order valence-corrected chi connectivity index (χ1v) is 28.9. The molecule has 416 valence electrons. The van der Waals surface area contributed by atoms with Crippen LogP contribution in [0.3, 0.4) is 0 Å². The average Bonchev–Trinajstić information content (AvgIpc) is 4.41. The number of ether oxygens (including phenoxy) is 2. The minimum absolute atomic E-state index is 0.140. The van der Waals surface area contributed by atoms with E-state index in [9.17, 15) is 23.7 Å². The number of likely N-dealkylation sites (tertiary alicyclic amines) is 2. The second-order valence-corrected chi connectivity index (χ2v) is 23.8. The van der Waals surface area contributed by atoms with Crippen molar-refractivity contribution in [1.82, 2.24) is 44.9 Å². The molecule has 0 bridgehead atoms. The Bertz CT molecular complexity index is 3090. The lowest BCUT2D eigenvalue weighted by Gasteiger charge is -2.29. The van der Waals surface area contributed by atoms with Gasteiger partial charge in [-0.05, 0) is 97.2 Å². The molecule has 2 aliphatic rings. The Morgan fingerprint density at radius 1 is 0.667 bits per heavy atom. The molecule has 6 aromatic rings. The van der Waals surface area contributed by atoms with E-state index in [0.29, 0.717) is 24.7 Å². The Balaban J connectivity index is 1.13. The number of hydrogen-bond donors (Lipinski definition) is 4. The van der Waals surface area contributed by atoms with E-state index in [2.05, 4.69) is 101 Å². The fraction of sp³-hybridized carbons (Fsp3) is 0.458. The van der Waals surface area contributed by atoms with Gasteiger partial charge in [0.05, 0.1) is 68.5 Å². The minimum Gasteiger partial charge on any atom is -0.453 e. The lowest BCUT2D eigenvalue weighted by atomic mass is 9.85. The number of hydrogen-bond acceptors (Lipinski definition) is 11. The fourth-order valence-electron chi connectivity index (χ4n) is 10.7. The summed E-state index contributed by atoms with van der Waals surface area (Å²) in [5, 5.41) is 5.45. The van der Waals surface area contributed by atoms with Gasteiger partial charge >= 0.3 is 19.8 Å². The molecule has 3 aromatic carbocycles. The summed E-state index contributed by atoms with van der Waals surface area (Å²) in [4.78, 5) is 72.5. The van der Waals surface area contributed by atoms with Crippen molar-refractivity contribution in [3.05, 3.63) is 114 Å². The van der Waals surface area contributed by atoms with E-state index < -0.39 is 31.9 Å². The van der Waals surface area contributed by atoms with Crippen LogP contribution in [0.4, 0.5) is 9.59 Å². The average molecular weight is 1090 g/mol. The van der Waals surface area contributed by atoms with Crippen LogP contribution >= 0.6 is 7.60 Å². The van der Waals surface area contributed by atoms with Crippen molar-refractivity contribution in [3.63, 3.8) is 0 Å². The number of carbonyl (C=O) groups is 4. The first-order valence-electron chi connectivity index (χ1n) is 27.1. The third-order valence-corrected chi connectivity index (χ3v) is 16.7. The number of methoxy groups -OCH3 is 2. The zero-order chi connectivity index (χ0) is 56.1. The van der Waals surface area contributed by atoms with Crippen LogP contribution in [0.5, 0.6) is 0 Å². The molecule has 2 fully saturated rings. The standard InChI is InChI=1S/C59H76N9O9P/c1-12-76-78(73,77-13-2)35-38-18-28-43(29-19-38)68-49(41-24-20-39(21-25-41)45-33-60-53(62-45)47-16-14-30-66(47)55(69)50(36(3)4)64-57(71)74-10)32-44(59(7,8)9)52(68)42-26-22-40(23-27-42)46-34-61-54(63-46)48-17-15-31-67(48)56(70)51(37(5)6)65-58(72)75-11/h18-29,32-34,36-37,47-48,50-51H,12-17,30-31,35H2,1-11H3,(H,60,62)(H,61,63)(H,64,71)(H,65,72)/t47-,48-,50-,51-/m0/s1. The smallest absolute Gasteiger partial charge is 0.407 e. The maximum atomic E-state index is 13.9. The SMILES string of the molecule is CCOP(=O)(Cc1ccc(-n2c(-c3ccc(-c4c[nH]c([C@@H]5CCCN5C(=O)[C@@H](NC(=O)OC)C(C)C)n4)cc3)cc(C(C)(C)C)c2-c2ccc(-c3c[nH]c([C@@H]4CCCN4C(=O)[C@@H](NC(=O)OC)C(C)C)n3)cc2)cc1)OCC. The third-order valence-electron chi connectivity index (χ3n) is 14.6. The summed E-state index contributed by atoms with van der Waals surface area (Å²) in [5.74, 6) is 0.755. The summed E-state index contributed by atoms with van der Waals surface area (Å²) < 4.78 is 36.9. The number of rotatable bonds is 19. The Morgan fingerprint density at radius 2 is 1.10 bits per heavy atom. The van der Waals surface area contributed by atoms with Crippen molar-refractivity contribution in [2.24, 2.45) is 11.8 Å². The van der Waals surface area contributed by atoms with E-state index in [4.69, 9.17) is 28.5 Å². The Labute approximate surface area is 457 Å². The van der Waals surface area contributed by atoms with Gasteiger partial charge in [0.25, 0.3) is 0 Å². The summed E-state index contributed by atoms with van der Waals surface area (Å²) >= 11 is 0. The van der Waals surface area contributed by atoms with Crippen LogP contribution in [0.15, 0.2) is 91.3 Å². The summed E-state index contributed by atoms with van der Waals surface area (Å²) in [6.45, 7) is 19.5. The lowest BCUT2D eigenvalue weighted by molar-refractivity contribution is -0.136. The number of nitrogens with one attached hydrogen (secondary N) is 4. The maximum absolute atomic E-state index is 13.9. The molecule has 0 aliphatic carbocycles. The van der Waals surface area contributed by atoms with Crippen molar-refractivity contribution in [2.45, 2.75) is 124 Å². The van der Waals surface area contributed by atoms with Crippen molar-refractivity contribution in [1.29, 1.82) is 0 Å². The van der Waals surface area contributed by atoms with Gasteiger partial charge in [0.2, 0.25) is 11.8 Å². The van der Waals surface area contributed by atoms with Gasteiger partial charge in [-0.3, -0.25) is 14.2 Å². The molecule has 0 unspecified atom stereocenters. The molecular weight excluding hydrogens is 1010 g/mol. The fourth-order valence-corrected chi connectivity index (χ4v) is 12.4. The van der Waals surface area contributed by atoms with Gasteiger partial charge in [0.1, 0.15) is 23.7 Å². The van der Waals surface area contributed by atoms with Crippen molar-refractivity contribution >= 4 is 31.6 Å². The van der Waals surface area contributed by atoms with Crippen LogP contribution < -0.4 is 10.6 Å². The summed E-state index contributed by atoms with van der Waals surface area (Å²) in [7, 11) is -0.790.